The molecule has 1 fully saturated rings. The van der Waals surface area contributed by atoms with E-state index in [0.717, 1.165) is 12.1 Å². The van der Waals surface area contributed by atoms with Crippen molar-refractivity contribution in [2.24, 2.45) is 0 Å². The Morgan fingerprint density at radius 2 is 2.03 bits per heavy atom. The number of β-amino-alcohol motifs (C(OH)–C–C–N with tert-alkyl or cyclic N) is 1. The van der Waals surface area contributed by atoms with Crippen molar-refractivity contribution in [1.29, 1.82) is 0 Å². The fraction of sp³-hybridized carbons (Fsp3) is 0.320. The van der Waals surface area contributed by atoms with Crippen LogP contribution in [-0.4, -0.2) is 68.4 Å². The summed E-state index contributed by atoms with van der Waals surface area (Å²) in [5, 5.41) is 13.5. The molecule has 198 valence electrons. The minimum Gasteiger partial charge on any atom is -0.494 e. The molecule has 11 nitrogen and oxygen atoms in total. The number of fused-ring (bicyclic) bond motifs is 1. The van der Waals surface area contributed by atoms with E-state index in [1.807, 2.05) is 4.90 Å². The number of anilines is 2. The Hall–Kier alpha value is -4.39. The third kappa shape index (κ3) is 4.45. The summed E-state index contributed by atoms with van der Waals surface area (Å²) >= 11 is 0. The Morgan fingerprint density at radius 1 is 1.21 bits per heavy atom. The number of carbonyl (C=O) groups excluding carboxylic acids is 1. The van der Waals surface area contributed by atoms with E-state index in [0.29, 0.717) is 41.8 Å². The molecule has 3 aromatic heterocycles. The molecular formula is C25H26F2N8O3. The van der Waals surface area contributed by atoms with E-state index >= 15 is 0 Å². The molecule has 1 aromatic carbocycles. The number of pyridine rings is 1. The number of ether oxygens (including phenoxy) is 1. The van der Waals surface area contributed by atoms with Crippen LogP contribution in [0, 0.1) is 11.6 Å². The number of carbonyl (C=O) groups is 1. The number of likely N-dealkylation sites (N-methyl/N-ethyl adjacent to an activating group) is 1. The smallest absolute Gasteiger partial charge is 0.253 e. The second kappa shape index (κ2) is 9.82. The maximum atomic E-state index is 14.9. The highest BCUT2D eigenvalue weighted by Gasteiger charge is 2.40. The van der Waals surface area contributed by atoms with Crippen LogP contribution in [0.2, 0.25) is 0 Å². The maximum Gasteiger partial charge on any atom is 0.253 e. The molecule has 1 aliphatic rings. The molecular weight excluding hydrogens is 498 g/mol. The second-order valence-corrected chi connectivity index (χ2v) is 9.10. The summed E-state index contributed by atoms with van der Waals surface area (Å²) in [4.78, 5) is 31.3. The number of imidazole rings is 1. The second-order valence-electron chi connectivity index (χ2n) is 9.10. The van der Waals surface area contributed by atoms with E-state index in [1.54, 1.807) is 17.0 Å². The Balaban J connectivity index is 1.61. The zero-order valence-corrected chi connectivity index (χ0v) is 20.8. The van der Waals surface area contributed by atoms with Crippen LogP contribution >= 0.6 is 0 Å². The molecule has 1 aliphatic heterocycles. The SMILES string of the molecule is CNC(=O)C1(O)CCCN(c2cnc(-c3cc(F)c(OC)cc3F)cc2Cn2cnc3c(N)ncnc32)C1. The van der Waals surface area contributed by atoms with Gasteiger partial charge < -0.3 is 30.4 Å². The minimum absolute atomic E-state index is 0.0337. The molecule has 0 radical (unpaired) electrons. The number of nitrogens with one attached hydrogen (secondary N) is 1. The summed E-state index contributed by atoms with van der Waals surface area (Å²) in [6, 6.07) is 3.65. The number of amides is 1. The van der Waals surface area contributed by atoms with E-state index in [4.69, 9.17) is 10.5 Å². The number of piperidine rings is 1. The van der Waals surface area contributed by atoms with Crippen molar-refractivity contribution >= 4 is 28.6 Å². The van der Waals surface area contributed by atoms with Crippen LogP contribution < -0.4 is 20.7 Å². The van der Waals surface area contributed by atoms with Crippen molar-refractivity contribution in [2.45, 2.75) is 25.0 Å². The molecule has 4 aromatic rings. The number of halogens is 2. The van der Waals surface area contributed by atoms with Crippen molar-refractivity contribution in [3.05, 3.63) is 54.2 Å². The Labute approximate surface area is 216 Å². The summed E-state index contributed by atoms with van der Waals surface area (Å²) in [7, 11) is 2.73. The first-order valence-corrected chi connectivity index (χ1v) is 11.9. The predicted octanol–water partition coefficient (Wildman–Crippen LogP) is 1.88. The number of methoxy groups -OCH3 is 1. The van der Waals surface area contributed by atoms with Gasteiger partial charge in [0, 0.05) is 25.2 Å². The number of hydrogen-bond donors (Lipinski definition) is 3. The molecule has 4 N–H and O–H groups in total. The van der Waals surface area contributed by atoms with Gasteiger partial charge in [0.2, 0.25) is 0 Å². The van der Waals surface area contributed by atoms with Crippen molar-refractivity contribution in [1.82, 2.24) is 29.8 Å². The van der Waals surface area contributed by atoms with Gasteiger partial charge in [-0.2, -0.15) is 0 Å². The third-order valence-corrected chi connectivity index (χ3v) is 6.71. The van der Waals surface area contributed by atoms with Gasteiger partial charge in [0.1, 0.15) is 17.7 Å². The van der Waals surface area contributed by atoms with Gasteiger partial charge in [0.05, 0.1) is 44.1 Å². The zero-order chi connectivity index (χ0) is 27.0. The molecule has 0 bridgehead atoms. The van der Waals surface area contributed by atoms with Gasteiger partial charge in [0.25, 0.3) is 5.91 Å². The third-order valence-electron chi connectivity index (χ3n) is 6.71. The van der Waals surface area contributed by atoms with Crippen molar-refractivity contribution < 1.29 is 23.4 Å². The van der Waals surface area contributed by atoms with Gasteiger partial charge in [-0.15, -0.1) is 0 Å². The molecule has 1 saturated heterocycles. The normalized spacial score (nSPS) is 17.6. The van der Waals surface area contributed by atoms with Crippen LogP contribution in [-0.2, 0) is 11.3 Å². The van der Waals surface area contributed by atoms with Gasteiger partial charge >= 0.3 is 0 Å². The summed E-state index contributed by atoms with van der Waals surface area (Å²) in [6.07, 6.45) is 5.29. The van der Waals surface area contributed by atoms with Crippen LogP contribution in [0.15, 0.2) is 37.1 Å². The average Bonchev–Trinajstić information content (AvgIpc) is 3.33. The predicted molar refractivity (Wildman–Crippen MR) is 135 cm³/mol. The first kappa shape index (κ1) is 25.3. The topological polar surface area (TPSA) is 144 Å². The Morgan fingerprint density at radius 3 is 2.79 bits per heavy atom. The highest BCUT2D eigenvalue weighted by molar-refractivity contribution is 5.86. The highest BCUT2D eigenvalue weighted by atomic mass is 19.1. The van der Waals surface area contributed by atoms with Gasteiger partial charge in [-0.25, -0.2) is 23.7 Å². The summed E-state index contributed by atoms with van der Waals surface area (Å²) in [5.41, 5.74) is 6.70. The molecule has 13 heteroatoms. The number of nitrogens with zero attached hydrogens (tertiary/aromatic N) is 6. The summed E-state index contributed by atoms with van der Waals surface area (Å²) in [6.45, 7) is 0.803. The van der Waals surface area contributed by atoms with Crippen LogP contribution in [0.25, 0.3) is 22.4 Å². The standard InChI is InChI=1S/C25H26F2N8O3/c1-29-24(36)25(37)4-3-5-34(11-25)19-9-30-18(15-7-17(27)20(38-2)8-16(15)26)6-14(19)10-35-13-33-21-22(28)31-12-32-23(21)35/h6-9,12-13,37H,3-5,10-11H2,1-2H3,(H,29,36)(H2,28,31,32). The zero-order valence-electron chi connectivity index (χ0n) is 20.8. The number of rotatable bonds is 6. The molecule has 1 atom stereocenters. The molecule has 1 unspecified atom stereocenters. The number of nitrogens with two attached hydrogens (primary N) is 1. The monoisotopic (exact) mass is 524 g/mol. The lowest BCUT2D eigenvalue weighted by molar-refractivity contribution is -0.140. The number of aliphatic hydroxyl groups is 1. The van der Waals surface area contributed by atoms with E-state index in [1.165, 1.54) is 26.7 Å². The number of hydrogen-bond acceptors (Lipinski definition) is 9. The number of benzene rings is 1. The van der Waals surface area contributed by atoms with Gasteiger partial charge in [-0.05, 0) is 30.5 Å². The minimum atomic E-state index is -1.59. The van der Waals surface area contributed by atoms with E-state index in [-0.39, 0.29) is 35.9 Å². The lowest BCUT2D eigenvalue weighted by atomic mass is 9.91. The van der Waals surface area contributed by atoms with E-state index in [2.05, 4.69) is 25.3 Å². The van der Waals surface area contributed by atoms with Crippen LogP contribution in [0.4, 0.5) is 20.3 Å². The van der Waals surface area contributed by atoms with E-state index in [9.17, 15) is 18.7 Å². The number of nitrogen functional groups attached to an aromatic ring is 1. The Kier molecular flexibility index (Phi) is 6.53. The van der Waals surface area contributed by atoms with E-state index < -0.39 is 23.1 Å². The average molecular weight is 525 g/mol. The van der Waals surface area contributed by atoms with Gasteiger partial charge in [-0.3, -0.25) is 9.78 Å². The maximum absolute atomic E-state index is 14.9. The Bertz CT molecular complexity index is 1530. The first-order valence-electron chi connectivity index (χ1n) is 11.9. The van der Waals surface area contributed by atoms with Gasteiger partial charge in [0.15, 0.2) is 28.6 Å². The summed E-state index contributed by atoms with van der Waals surface area (Å²) in [5.74, 6) is -1.89. The fourth-order valence-corrected chi connectivity index (χ4v) is 4.79. The molecule has 0 saturated carbocycles. The lowest BCUT2D eigenvalue weighted by Crippen LogP contribution is -2.56. The molecule has 1 amide bonds. The quantitative estimate of drug-likeness (QED) is 0.344. The fourth-order valence-electron chi connectivity index (χ4n) is 4.79. The largest absolute Gasteiger partial charge is 0.494 e. The molecule has 0 spiro atoms. The molecule has 4 heterocycles. The van der Waals surface area contributed by atoms with Crippen LogP contribution in [0.3, 0.4) is 0 Å². The van der Waals surface area contributed by atoms with Crippen LogP contribution in [0.5, 0.6) is 5.75 Å². The molecule has 5 rings (SSSR count). The highest BCUT2D eigenvalue weighted by Crippen LogP contribution is 2.34. The van der Waals surface area contributed by atoms with Gasteiger partial charge in [-0.1, -0.05) is 0 Å². The number of aromatic nitrogens is 5. The van der Waals surface area contributed by atoms with Crippen molar-refractivity contribution in [3.8, 4) is 17.0 Å². The van der Waals surface area contributed by atoms with Crippen molar-refractivity contribution in [3.63, 3.8) is 0 Å². The van der Waals surface area contributed by atoms with Crippen LogP contribution in [0.1, 0.15) is 18.4 Å². The summed E-state index contributed by atoms with van der Waals surface area (Å²) < 4.78 is 36.0. The molecule has 0 aliphatic carbocycles. The molecule has 38 heavy (non-hydrogen) atoms. The first-order chi connectivity index (χ1) is 18.2. The lowest BCUT2D eigenvalue weighted by Gasteiger charge is -2.39. The van der Waals surface area contributed by atoms with Crippen molar-refractivity contribution in [2.75, 3.05) is 37.9 Å².